The first-order valence-electron chi connectivity index (χ1n) is 8.15. The Kier molecular flexibility index (Phi) is 4.28. The summed E-state index contributed by atoms with van der Waals surface area (Å²) in [7, 11) is 0. The maximum absolute atomic E-state index is 12.4. The number of fused-ring (bicyclic) bond motifs is 1. The summed E-state index contributed by atoms with van der Waals surface area (Å²) in [5, 5.41) is 3.55. The van der Waals surface area contributed by atoms with Crippen molar-refractivity contribution in [3.63, 3.8) is 0 Å². The summed E-state index contributed by atoms with van der Waals surface area (Å²) in [5.74, 6) is 1.56. The van der Waals surface area contributed by atoms with Gasteiger partial charge in [-0.1, -0.05) is 11.6 Å². The highest BCUT2D eigenvalue weighted by Gasteiger charge is 2.23. The maximum atomic E-state index is 12.4. The third-order valence-electron chi connectivity index (χ3n) is 4.38. The summed E-state index contributed by atoms with van der Waals surface area (Å²) < 4.78 is 10.8. The lowest BCUT2D eigenvalue weighted by molar-refractivity contribution is 0.174. The fourth-order valence-electron chi connectivity index (χ4n) is 2.99. The monoisotopic (exact) mass is 359 g/mol. The number of carbonyl (C=O) groups excluding carboxylic acids is 1. The third-order valence-corrected chi connectivity index (χ3v) is 4.64. The summed E-state index contributed by atoms with van der Waals surface area (Å²) in [6.07, 6.45) is 0. The first-order chi connectivity index (χ1) is 12.2. The van der Waals surface area contributed by atoms with Crippen molar-refractivity contribution in [2.75, 3.05) is 43.2 Å². The van der Waals surface area contributed by atoms with Gasteiger partial charge in [-0.2, -0.15) is 0 Å². The van der Waals surface area contributed by atoms with Gasteiger partial charge in [-0.15, -0.1) is 0 Å². The van der Waals surface area contributed by atoms with Gasteiger partial charge in [-0.25, -0.2) is 4.79 Å². The Morgan fingerprint density at radius 2 is 1.68 bits per heavy atom. The molecule has 2 amide bonds. The molecule has 6 nitrogen and oxygen atoms in total. The van der Waals surface area contributed by atoms with Crippen LogP contribution in [0.3, 0.4) is 0 Å². The van der Waals surface area contributed by atoms with E-state index in [1.165, 1.54) is 0 Å². The van der Waals surface area contributed by atoms with Crippen LogP contribution < -0.4 is 19.7 Å². The molecule has 2 aromatic carbocycles. The van der Waals surface area contributed by atoms with E-state index in [-0.39, 0.29) is 12.8 Å². The van der Waals surface area contributed by atoms with E-state index in [4.69, 9.17) is 21.1 Å². The van der Waals surface area contributed by atoms with Crippen molar-refractivity contribution in [2.24, 2.45) is 0 Å². The van der Waals surface area contributed by atoms with Crippen molar-refractivity contribution in [2.45, 2.75) is 0 Å². The summed E-state index contributed by atoms with van der Waals surface area (Å²) >= 11 is 5.86. The Morgan fingerprint density at radius 1 is 0.960 bits per heavy atom. The lowest BCUT2D eigenvalue weighted by atomic mass is 10.2. The van der Waals surface area contributed by atoms with E-state index in [1.807, 2.05) is 23.1 Å². The summed E-state index contributed by atoms with van der Waals surface area (Å²) in [5.41, 5.74) is 1.83. The van der Waals surface area contributed by atoms with Gasteiger partial charge in [-0.3, -0.25) is 0 Å². The lowest BCUT2D eigenvalue weighted by Crippen LogP contribution is -2.50. The molecule has 1 saturated heterocycles. The fraction of sp³-hybridized carbons (Fsp3) is 0.278. The van der Waals surface area contributed by atoms with Crippen LogP contribution in [0.4, 0.5) is 16.2 Å². The number of anilines is 2. The van der Waals surface area contributed by atoms with Crippen molar-refractivity contribution >= 4 is 29.0 Å². The second kappa shape index (κ2) is 6.72. The number of nitrogens with one attached hydrogen (secondary N) is 1. The molecule has 0 radical (unpaired) electrons. The molecule has 2 heterocycles. The van der Waals surface area contributed by atoms with Gasteiger partial charge in [0.15, 0.2) is 11.5 Å². The highest BCUT2D eigenvalue weighted by atomic mass is 35.5. The molecule has 2 aliphatic rings. The zero-order valence-electron chi connectivity index (χ0n) is 13.6. The number of halogens is 1. The van der Waals surface area contributed by atoms with Gasteiger partial charge in [-0.05, 0) is 36.4 Å². The van der Waals surface area contributed by atoms with Gasteiger partial charge in [0.1, 0.15) is 0 Å². The highest BCUT2D eigenvalue weighted by Crippen LogP contribution is 2.35. The molecule has 0 aliphatic carbocycles. The van der Waals surface area contributed by atoms with Crippen molar-refractivity contribution in [1.29, 1.82) is 0 Å². The molecule has 25 heavy (non-hydrogen) atoms. The molecule has 1 fully saturated rings. The normalized spacial score (nSPS) is 16.0. The number of urea groups is 1. The minimum atomic E-state index is -0.0901. The molecule has 0 saturated carbocycles. The van der Waals surface area contributed by atoms with Gasteiger partial charge in [0.2, 0.25) is 6.79 Å². The quantitative estimate of drug-likeness (QED) is 0.892. The highest BCUT2D eigenvalue weighted by molar-refractivity contribution is 6.30. The molecule has 0 spiro atoms. The fourth-order valence-corrected chi connectivity index (χ4v) is 3.11. The van der Waals surface area contributed by atoms with Gasteiger partial charge in [0.05, 0.1) is 0 Å². The Hall–Kier alpha value is -2.60. The van der Waals surface area contributed by atoms with E-state index in [0.29, 0.717) is 18.1 Å². The lowest BCUT2D eigenvalue weighted by Gasteiger charge is -2.36. The van der Waals surface area contributed by atoms with E-state index in [9.17, 15) is 4.79 Å². The number of benzene rings is 2. The number of amides is 2. The van der Waals surface area contributed by atoms with Crippen LogP contribution in [0.15, 0.2) is 42.5 Å². The van der Waals surface area contributed by atoms with E-state index in [1.54, 1.807) is 24.3 Å². The smallest absolute Gasteiger partial charge is 0.321 e. The minimum absolute atomic E-state index is 0.0901. The van der Waals surface area contributed by atoms with Crippen LogP contribution in [0.5, 0.6) is 11.5 Å². The molecule has 4 rings (SSSR count). The second-order valence-electron chi connectivity index (χ2n) is 5.95. The Balaban J connectivity index is 1.34. The van der Waals surface area contributed by atoms with Gasteiger partial charge < -0.3 is 24.6 Å². The van der Waals surface area contributed by atoms with Crippen molar-refractivity contribution in [3.8, 4) is 11.5 Å². The predicted molar refractivity (Wildman–Crippen MR) is 96.8 cm³/mol. The number of nitrogens with zero attached hydrogens (tertiary/aromatic N) is 2. The largest absolute Gasteiger partial charge is 0.454 e. The Labute approximate surface area is 150 Å². The van der Waals surface area contributed by atoms with E-state index >= 15 is 0 Å². The zero-order chi connectivity index (χ0) is 17.2. The summed E-state index contributed by atoms with van der Waals surface area (Å²) in [6, 6.07) is 13.0. The van der Waals surface area contributed by atoms with Gasteiger partial charge in [0, 0.05) is 48.6 Å². The van der Waals surface area contributed by atoms with Gasteiger partial charge >= 0.3 is 6.03 Å². The van der Waals surface area contributed by atoms with Crippen LogP contribution >= 0.6 is 11.6 Å². The molecule has 2 aliphatic heterocycles. The number of hydrogen-bond donors (Lipinski definition) is 1. The summed E-state index contributed by atoms with van der Waals surface area (Å²) in [4.78, 5) is 16.4. The molecule has 7 heteroatoms. The summed E-state index contributed by atoms with van der Waals surface area (Å²) in [6.45, 7) is 3.14. The van der Waals surface area contributed by atoms with Crippen LogP contribution in [0.25, 0.3) is 0 Å². The number of ether oxygens (including phenoxy) is 2. The standard InChI is InChI=1S/C18H18ClN3O3/c19-13-1-3-14(4-2-13)20-18(23)22-9-7-21(8-10-22)15-5-6-16-17(11-15)25-12-24-16/h1-6,11H,7-10,12H2,(H,20,23). The second-order valence-corrected chi connectivity index (χ2v) is 6.39. The van der Waals surface area contributed by atoms with Crippen LogP contribution in [0, 0.1) is 0 Å². The van der Waals surface area contributed by atoms with Crippen molar-refractivity contribution < 1.29 is 14.3 Å². The predicted octanol–water partition coefficient (Wildman–Crippen LogP) is 3.42. The molecule has 1 N–H and O–H groups in total. The average molecular weight is 360 g/mol. The Bertz CT molecular complexity index is 774. The van der Waals surface area contributed by atoms with Crippen molar-refractivity contribution in [3.05, 3.63) is 47.5 Å². The molecule has 0 unspecified atom stereocenters. The number of carbonyl (C=O) groups is 1. The van der Waals surface area contributed by atoms with Crippen molar-refractivity contribution in [1.82, 2.24) is 4.90 Å². The van der Waals surface area contributed by atoms with Crippen LogP contribution in [0.1, 0.15) is 0 Å². The van der Waals surface area contributed by atoms with E-state index in [0.717, 1.165) is 36.0 Å². The Morgan fingerprint density at radius 3 is 2.44 bits per heavy atom. The molecular formula is C18H18ClN3O3. The van der Waals surface area contributed by atoms with Crippen LogP contribution in [-0.4, -0.2) is 43.9 Å². The topological polar surface area (TPSA) is 54.0 Å². The molecule has 130 valence electrons. The van der Waals surface area contributed by atoms with Crippen LogP contribution in [-0.2, 0) is 0 Å². The zero-order valence-corrected chi connectivity index (χ0v) is 14.3. The van der Waals surface area contributed by atoms with Gasteiger partial charge in [0.25, 0.3) is 0 Å². The number of rotatable bonds is 2. The molecule has 0 bridgehead atoms. The molecule has 0 aromatic heterocycles. The van der Waals surface area contributed by atoms with E-state index in [2.05, 4.69) is 10.2 Å². The first kappa shape index (κ1) is 15.9. The third kappa shape index (κ3) is 3.44. The van der Waals surface area contributed by atoms with Crippen LogP contribution in [0.2, 0.25) is 5.02 Å². The number of hydrogen-bond acceptors (Lipinski definition) is 4. The first-order valence-corrected chi connectivity index (χ1v) is 8.53. The molecule has 0 atom stereocenters. The minimum Gasteiger partial charge on any atom is -0.454 e. The SMILES string of the molecule is O=C(Nc1ccc(Cl)cc1)N1CCN(c2ccc3c(c2)OCO3)CC1. The number of piperazine rings is 1. The average Bonchev–Trinajstić information content (AvgIpc) is 3.11. The van der Waals surface area contributed by atoms with E-state index < -0.39 is 0 Å². The molecule has 2 aromatic rings. The maximum Gasteiger partial charge on any atom is 0.321 e. The molecular weight excluding hydrogens is 342 g/mol.